The summed E-state index contributed by atoms with van der Waals surface area (Å²) in [4.78, 5) is 12.0. The summed E-state index contributed by atoms with van der Waals surface area (Å²) < 4.78 is 10.5. The number of rotatable bonds is 6. The molecule has 0 fully saturated rings. The summed E-state index contributed by atoms with van der Waals surface area (Å²) in [5.41, 5.74) is 1.88. The van der Waals surface area contributed by atoms with Crippen LogP contribution in [0.1, 0.15) is 11.1 Å². The van der Waals surface area contributed by atoms with E-state index in [2.05, 4.69) is 5.32 Å². The Labute approximate surface area is 124 Å². The highest BCUT2D eigenvalue weighted by atomic mass is 16.5. The molecule has 21 heavy (non-hydrogen) atoms. The predicted octanol–water partition coefficient (Wildman–Crippen LogP) is 2.56. The van der Waals surface area contributed by atoms with Crippen molar-refractivity contribution in [1.29, 1.82) is 0 Å². The maximum Gasteiger partial charge on any atom is 0.224 e. The molecule has 0 aliphatic rings. The van der Waals surface area contributed by atoms with Gasteiger partial charge in [-0.3, -0.25) is 4.79 Å². The van der Waals surface area contributed by atoms with E-state index in [1.54, 1.807) is 14.2 Å². The zero-order valence-corrected chi connectivity index (χ0v) is 12.3. The first kappa shape index (κ1) is 14.9. The van der Waals surface area contributed by atoms with E-state index in [9.17, 15) is 4.79 Å². The first-order valence-electron chi connectivity index (χ1n) is 6.74. The second-order valence-corrected chi connectivity index (χ2v) is 4.62. The second-order valence-electron chi connectivity index (χ2n) is 4.62. The summed E-state index contributed by atoms with van der Waals surface area (Å²) >= 11 is 0. The second kappa shape index (κ2) is 7.33. The zero-order chi connectivity index (χ0) is 15.1. The van der Waals surface area contributed by atoms with Crippen molar-refractivity contribution in [3.8, 4) is 11.5 Å². The van der Waals surface area contributed by atoms with E-state index < -0.39 is 0 Å². The van der Waals surface area contributed by atoms with Gasteiger partial charge in [-0.2, -0.15) is 0 Å². The maximum absolute atomic E-state index is 12.0. The number of carbonyl (C=O) groups excluding carboxylic acids is 1. The molecule has 1 N–H and O–H groups in total. The Morgan fingerprint density at radius 2 is 1.81 bits per heavy atom. The van der Waals surface area contributed by atoms with Crippen molar-refractivity contribution in [1.82, 2.24) is 5.32 Å². The van der Waals surface area contributed by atoms with Crippen LogP contribution in [0.25, 0.3) is 0 Å². The number of carbonyl (C=O) groups is 1. The number of methoxy groups -OCH3 is 2. The van der Waals surface area contributed by atoms with Crippen LogP contribution in [-0.4, -0.2) is 20.1 Å². The summed E-state index contributed by atoms with van der Waals surface area (Å²) in [6.45, 7) is 0.409. The standard InChI is InChI=1S/C17H19NO3/c1-20-15-8-9-16(21-2)14(11-15)12-18-17(19)10-13-6-4-3-5-7-13/h3-9,11H,10,12H2,1-2H3,(H,18,19). The van der Waals surface area contributed by atoms with Gasteiger partial charge in [0.1, 0.15) is 11.5 Å². The van der Waals surface area contributed by atoms with Crippen molar-refractivity contribution in [2.45, 2.75) is 13.0 Å². The number of ether oxygens (including phenoxy) is 2. The fourth-order valence-electron chi connectivity index (χ4n) is 2.06. The maximum atomic E-state index is 12.0. The minimum Gasteiger partial charge on any atom is -0.497 e. The quantitative estimate of drug-likeness (QED) is 0.887. The lowest BCUT2D eigenvalue weighted by molar-refractivity contribution is -0.120. The molecule has 2 aromatic rings. The Balaban J connectivity index is 1.97. The largest absolute Gasteiger partial charge is 0.497 e. The van der Waals surface area contributed by atoms with Crippen molar-refractivity contribution in [3.05, 3.63) is 59.7 Å². The SMILES string of the molecule is COc1ccc(OC)c(CNC(=O)Cc2ccccc2)c1. The van der Waals surface area contributed by atoms with Gasteiger partial charge >= 0.3 is 0 Å². The average molecular weight is 285 g/mol. The molecule has 2 aromatic carbocycles. The predicted molar refractivity (Wildman–Crippen MR) is 81.5 cm³/mol. The van der Waals surface area contributed by atoms with E-state index in [1.807, 2.05) is 48.5 Å². The van der Waals surface area contributed by atoms with Crippen molar-refractivity contribution >= 4 is 5.91 Å². The minimum atomic E-state index is -0.0222. The van der Waals surface area contributed by atoms with Gasteiger partial charge in [0.15, 0.2) is 0 Å². The number of hydrogen-bond donors (Lipinski definition) is 1. The van der Waals surface area contributed by atoms with Crippen LogP contribution in [0.15, 0.2) is 48.5 Å². The summed E-state index contributed by atoms with van der Waals surface area (Å²) in [7, 11) is 3.22. The monoisotopic (exact) mass is 285 g/mol. The van der Waals surface area contributed by atoms with Crippen LogP contribution in [0.4, 0.5) is 0 Å². The third-order valence-electron chi connectivity index (χ3n) is 3.17. The van der Waals surface area contributed by atoms with E-state index in [0.717, 1.165) is 22.6 Å². The smallest absolute Gasteiger partial charge is 0.224 e. The Morgan fingerprint density at radius 3 is 2.48 bits per heavy atom. The van der Waals surface area contributed by atoms with Gasteiger partial charge in [0.25, 0.3) is 0 Å². The molecule has 0 aromatic heterocycles. The fourth-order valence-corrected chi connectivity index (χ4v) is 2.06. The lowest BCUT2D eigenvalue weighted by Crippen LogP contribution is -2.24. The molecular formula is C17H19NO3. The number of benzene rings is 2. The Kier molecular flexibility index (Phi) is 5.21. The Morgan fingerprint density at radius 1 is 1.05 bits per heavy atom. The summed E-state index contributed by atoms with van der Waals surface area (Å²) in [6.07, 6.45) is 0.368. The molecule has 0 atom stereocenters. The molecule has 4 heteroatoms. The molecule has 0 spiro atoms. The molecule has 0 bridgehead atoms. The number of nitrogens with one attached hydrogen (secondary N) is 1. The number of amides is 1. The van der Waals surface area contributed by atoms with Gasteiger partial charge in [0.2, 0.25) is 5.91 Å². The van der Waals surface area contributed by atoms with Crippen molar-refractivity contribution in [2.24, 2.45) is 0 Å². The first-order chi connectivity index (χ1) is 10.2. The molecule has 0 saturated carbocycles. The molecule has 110 valence electrons. The average Bonchev–Trinajstić information content (AvgIpc) is 2.53. The molecular weight excluding hydrogens is 266 g/mol. The van der Waals surface area contributed by atoms with Crippen LogP contribution in [0.5, 0.6) is 11.5 Å². The van der Waals surface area contributed by atoms with Crippen LogP contribution in [0.2, 0.25) is 0 Å². The highest BCUT2D eigenvalue weighted by molar-refractivity contribution is 5.78. The number of hydrogen-bond acceptors (Lipinski definition) is 3. The first-order valence-corrected chi connectivity index (χ1v) is 6.74. The van der Waals surface area contributed by atoms with Crippen molar-refractivity contribution in [3.63, 3.8) is 0 Å². The molecule has 0 saturated heterocycles. The highest BCUT2D eigenvalue weighted by Crippen LogP contribution is 2.23. The molecule has 0 radical (unpaired) electrons. The Hall–Kier alpha value is -2.49. The van der Waals surface area contributed by atoms with E-state index in [-0.39, 0.29) is 5.91 Å². The fraction of sp³-hybridized carbons (Fsp3) is 0.235. The third kappa shape index (κ3) is 4.24. The van der Waals surface area contributed by atoms with Crippen LogP contribution in [-0.2, 0) is 17.8 Å². The molecule has 0 heterocycles. The normalized spacial score (nSPS) is 10.0. The van der Waals surface area contributed by atoms with E-state index in [4.69, 9.17) is 9.47 Å². The Bertz CT molecular complexity index is 596. The van der Waals surface area contributed by atoms with Gasteiger partial charge in [-0.05, 0) is 23.8 Å². The van der Waals surface area contributed by atoms with Gasteiger partial charge in [-0.25, -0.2) is 0 Å². The molecule has 4 nitrogen and oxygen atoms in total. The van der Waals surface area contributed by atoms with E-state index in [1.165, 1.54) is 0 Å². The van der Waals surface area contributed by atoms with Gasteiger partial charge in [-0.15, -0.1) is 0 Å². The zero-order valence-electron chi connectivity index (χ0n) is 12.3. The van der Waals surface area contributed by atoms with E-state index in [0.29, 0.717) is 13.0 Å². The van der Waals surface area contributed by atoms with Crippen molar-refractivity contribution < 1.29 is 14.3 Å². The van der Waals surface area contributed by atoms with Crippen LogP contribution >= 0.6 is 0 Å². The lowest BCUT2D eigenvalue weighted by Gasteiger charge is -2.11. The van der Waals surface area contributed by atoms with E-state index >= 15 is 0 Å². The molecule has 2 rings (SSSR count). The van der Waals surface area contributed by atoms with Gasteiger partial charge in [-0.1, -0.05) is 30.3 Å². The molecule has 0 unspecified atom stereocenters. The van der Waals surface area contributed by atoms with Crippen LogP contribution in [0, 0.1) is 0 Å². The molecule has 0 aliphatic heterocycles. The minimum absolute atomic E-state index is 0.0222. The third-order valence-corrected chi connectivity index (χ3v) is 3.17. The van der Waals surface area contributed by atoms with Crippen LogP contribution < -0.4 is 14.8 Å². The summed E-state index contributed by atoms with van der Waals surface area (Å²) in [6, 6.07) is 15.2. The summed E-state index contributed by atoms with van der Waals surface area (Å²) in [5.74, 6) is 1.45. The topological polar surface area (TPSA) is 47.6 Å². The molecule has 0 aliphatic carbocycles. The van der Waals surface area contributed by atoms with Gasteiger partial charge in [0.05, 0.1) is 20.6 Å². The van der Waals surface area contributed by atoms with Crippen molar-refractivity contribution in [2.75, 3.05) is 14.2 Å². The van der Waals surface area contributed by atoms with Crippen LogP contribution in [0.3, 0.4) is 0 Å². The highest BCUT2D eigenvalue weighted by Gasteiger charge is 2.08. The molecule has 1 amide bonds. The van der Waals surface area contributed by atoms with Gasteiger partial charge in [0, 0.05) is 12.1 Å². The lowest BCUT2D eigenvalue weighted by atomic mass is 10.1. The van der Waals surface area contributed by atoms with Gasteiger partial charge < -0.3 is 14.8 Å². The summed E-state index contributed by atoms with van der Waals surface area (Å²) in [5, 5.41) is 2.90.